The Hall–Kier alpha value is -2.09. The Morgan fingerprint density at radius 2 is 1.88 bits per heavy atom. The molecule has 0 aromatic carbocycles. The zero-order valence-electron chi connectivity index (χ0n) is 14.5. The van der Waals surface area contributed by atoms with Crippen LogP contribution in [-0.2, 0) is 14.3 Å². The first-order valence-corrected chi connectivity index (χ1v) is 8.04. The van der Waals surface area contributed by atoms with Gasteiger partial charge in [0.1, 0.15) is 11.6 Å². The maximum Gasteiger partial charge on any atom is 0.408 e. The first-order valence-electron chi connectivity index (χ1n) is 8.04. The normalized spacial score (nSPS) is 15.8. The number of carbonyl (C=O) groups is 3. The summed E-state index contributed by atoms with van der Waals surface area (Å²) >= 11 is 0. The molecule has 0 unspecified atom stereocenters. The molecule has 8 nitrogen and oxygen atoms in total. The second kappa shape index (κ2) is 9.27. The monoisotopic (exact) mass is 341 g/mol. The van der Waals surface area contributed by atoms with Crippen LogP contribution in [0.2, 0.25) is 0 Å². The molecule has 0 spiro atoms. The molecule has 136 valence electrons. The number of nitrogens with zero attached hydrogens (tertiary/aromatic N) is 1. The Morgan fingerprint density at radius 1 is 1.25 bits per heavy atom. The lowest BCUT2D eigenvalue weighted by Crippen LogP contribution is -2.44. The van der Waals surface area contributed by atoms with E-state index in [1.54, 1.807) is 20.8 Å². The van der Waals surface area contributed by atoms with Crippen LogP contribution in [0.3, 0.4) is 0 Å². The molecule has 0 aromatic rings. The molecule has 1 rings (SSSR count). The van der Waals surface area contributed by atoms with E-state index in [0.29, 0.717) is 6.54 Å². The molecule has 0 bridgehead atoms. The number of carboxylic acids is 1. The third-order valence-corrected chi connectivity index (χ3v) is 3.29. The lowest BCUT2D eigenvalue weighted by Gasteiger charge is -2.22. The van der Waals surface area contributed by atoms with Gasteiger partial charge in [-0.2, -0.15) is 0 Å². The minimum absolute atomic E-state index is 0.00563. The molecule has 0 aromatic heterocycles. The van der Waals surface area contributed by atoms with Crippen LogP contribution in [-0.4, -0.2) is 65.8 Å². The Labute approximate surface area is 142 Å². The third kappa shape index (κ3) is 8.52. The summed E-state index contributed by atoms with van der Waals surface area (Å²) < 4.78 is 5.02. The van der Waals surface area contributed by atoms with Crippen molar-refractivity contribution in [1.29, 1.82) is 0 Å². The van der Waals surface area contributed by atoms with Crippen molar-refractivity contribution in [3.05, 3.63) is 12.2 Å². The number of nitrogens with one attached hydrogen (secondary N) is 2. The van der Waals surface area contributed by atoms with Crippen LogP contribution >= 0.6 is 0 Å². The Balaban J connectivity index is 2.27. The summed E-state index contributed by atoms with van der Waals surface area (Å²) in [5.74, 6) is -1.43. The lowest BCUT2D eigenvalue weighted by atomic mass is 10.1. The summed E-state index contributed by atoms with van der Waals surface area (Å²) in [5.41, 5.74) is -0.713. The highest BCUT2D eigenvalue weighted by atomic mass is 16.6. The number of hydrogen-bond donors (Lipinski definition) is 3. The summed E-state index contributed by atoms with van der Waals surface area (Å²) in [6.45, 7) is 8.09. The highest BCUT2D eigenvalue weighted by Gasteiger charge is 2.24. The van der Waals surface area contributed by atoms with Gasteiger partial charge in [0, 0.05) is 32.6 Å². The summed E-state index contributed by atoms with van der Waals surface area (Å²) in [6, 6.07) is -1.16. The Kier molecular flexibility index (Phi) is 7.70. The highest BCUT2D eigenvalue weighted by Crippen LogP contribution is 2.08. The van der Waals surface area contributed by atoms with Crippen LogP contribution in [0, 0.1) is 0 Å². The van der Waals surface area contributed by atoms with E-state index >= 15 is 0 Å². The van der Waals surface area contributed by atoms with Gasteiger partial charge in [-0.15, -0.1) is 0 Å². The van der Waals surface area contributed by atoms with E-state index < -0.39 is 23.7 Å². The predicted octanol–water partition coefficient (Wildman–Crippen LogP) is 0.733. The number of amides is 2. The van der Waals surface area contributed by atoms with Crippen molar-refractivity contribution in [1.82, 2.24) is 15.5 Å². The van der Waals surface area contributed by atoms with Crippen LogP contribution in [0.1, 0.15) is 33.6 Å². The molecule has 8 heteroatoms. The van der Waals surface area contributed by atoms with Crippen molar-refractivity contribution in [3.63, 3.8) is 0 Å². The number of carboxylic acid groups (broad SMARTS) is 1. The average molecular weight is 341 g/mol. The number of carbonyl (C=O) groups excluding carboxylic acids is 2. The number of ether oxygens (including phenoxy) is 1. The SMILES string of the molecule is CC(C)(C)OC(=O)N[C@@H](CCC(=O)NCCN1CC=CC1)C(=O)O. The largest absolute Gasteiger partial charge is 0.480 e. The minimum Gasteiger partial charge on any atom is -0.480 e. The van der Waals surface area contributed by atoms with E-state index in [4.69, 9.17) is 9.84 Å². The maximum atomic E-state index is 11.8. The predicted molar refractivity (Wildman–Crippen MR) is 88.6 cm³/mol. The fraction of sp³-hybridized carbons (Fsp3) is 0.688. The quantitative estimate of drug-likeness (QED) is 0.562. The average Bonchev–Trinajstić information content (AvgIpc) is 2.94. The van der Waals surface area contributed by atoms with Gasteiger partial charge in [0.25, 0.3) is 0 Å². The van der Waals surface area contributed by atoms with E-state index in [1.165, 1.54) is 0 Å². The molecule has 1 atom stereocenters. The summed E-state index contributed by atoms with van der Waals surface area (Å²) in [4.78, 5) is 36.8. The molecule has 0 saturated carbocycles. The summed E-state index contributed by atoms with van der Waals surface area (Å²) in [6.07, 6.45) is 3.36. The molecule has 1 aliphatic rings. The van der Waals surface area contributed by atoms with Gasteiger partial charge in [0.2, 0.25) is 5.91 Å². The van der Waals surface area contributed by atoms with Crippen molar-refractivity contribution in [2.24, 2.45) is 0 Å². The highest BCUT2D eigenvalue weighted by molar-refractivity contribution is 5.81. The molecular formula is C16H27N3O5. The Bertz CT molecular complexity index is 477. The van der Waals surface area contributed by atoms with E-state index in [1.807, 2.05) is 0 Å². The van der Waals surface area contributed by atoms with E-state index in [2.05, 4.69) is 27.7 Å². The molecule has 2 amide bonds. The van der Waals surface area contributed by atoms with Crippen molar-refractivity contribution >= 4 is 18.0 Å². The van der Waals surface area contributed by atoms with Gasteiger partial charge in [0.15, 0.2) is 0 Å². The van der Waals surface area contributed by atoms with Gasteiger partial charge in [-0.1, -0.05) is 12.2 Å². The van der Waals surface area contributed by atoms with Gasteiger partial charge in [0.05, 0.1) is 0 Å². The molecule has 0 saturated heterocycles. The number of alkyl carbamates (subject to hydrolysis) is 1. The van der Waals surface area contributed by atoms with Gasteiger partial charge in [-0.3, -0.25) is 9.69 Å². The van der Waals surface area contributed by atoms with E-state index in [-0.39, 0.29) is 18.7 Å². The Morgan fingerprint density at radius 3 is 2.42 bits per heavy atom. The van der Waals surface area contributed by atoms with Crippen LogP contribution in [0.25, 0.3) is 0 Å². The van der Waals surface area contributed by atoms with E-state index in [0.717, 1.165) is 19.6 Å². The number of hydrogen-bond acceptors (Lipinski definition) is 5. The molecule has 0 fully saturated rings. The van der Waals surface area contributed by atoms with Crippen LogP contribution in [0.15, 0.2) is 12.2 Å². The van der Waals surface area contributed by atoms with Crippen LogP contribution in [0.5, 0.6) is 0 Å². The van der Waals surface area contributed by atoms with Crippen molar-refractivity contribution in [2.75, 3.05) is 26.2 Å². The zero-order valence-corrected chi connectivity index (χ0v) is 14.5. The topological polar surface area (TPSA) is 108 Å². The van der Waals surface area contributed by atoms with E-state index in [9.17, 15) is 14.4 Å². The van der Waals surface area contributed by atoms with Crippen molar-refractivity contribution in [3.8, 4) is 0 Å². The maximum absolute atomic E-state index is 11.8. The fourth-order valence-electron chi connectivity index (χ4n) is 2.13. The molecule has 1 heterocycles. The third-order valence-electron chi connectivity index (χ3n) is 3.29. The van der Waals surface area contributed by atoms with Gasteiger partial charge >= 0.3 is 12.1 Å². The molecule has 0 aliphatic carbocycles. The van der Waals surface area contributed by atoms with Gasteiger partial charge in [-0.25, -0.2) is 9.59 Å². The van der Waals surface area contributed by atoms with Crippen LogP contribution < -0.4 is 10.6 Å². The number of aliphatic carboxylic acids is 1. The second-order valence-corrected chi connectivity index (χ2v) is 6.66. The molecule has 1 aliphatic heterocycles. The standard InChI is InChI=1S/C16H27N3O5/c1-16(2,3)24-15(23)18-12(14(21)22)6-7-13(20)17-8-11-19-9-4-5-10-19/h4-5,12H,6-11H2,1-3H3,(H,17,20)(H,18,23)(H,21,22)/t12-/m0/s1. The molecule has 0 radical (unpaired) electrons. The van der Waals surface area contributed by atoms with Crippen molar-refractivity contribution in [2.45, 2.75) is 45.3 Å². The number of rotatable bonds is 8. The molecular weight excluding hydrogens is 314 g/mol. The first-order chi connectivity index (χ1) is 11.2. The lowest BCUT2D eigenvalue weighted by molar-refractivity contribution is -0.139. The molecule has 24 heavy (non-hydrogen) atoms. The van der Waals surface area contributed by atoms with Gasteiger partial charge < -0.3 is 20.5 Å². The first kappa shape index (κ1) is 20.0. The second-order valence-electron chi connectivity index (χ2n) is 6.66. The fourth-order valence-corrected chi connectivity index (χ4v) is 2.13. The molecule has 3 N–H and O–H groups in total. The zero-order chi connectivity index (χ0) is 18.2. The summed E-state index contributed by atoms with van der Waals surface area (Å²) in [7, 11) is 0. The summed E-state index contributed by atoms with van der Waals surface area (Å²) in [5, 5.41) is 14.2. The smallest absolute Gasteiger partial charge is 0.408 e. The van der Waals surface area contributed by atoms with Gasteiger partial charge in [-0.05, 0) is 27.2 Å². The minimum atomic E-state index is -1.20. The van der Waals surface area contributed by atoms with Crippen LogP contribution in [0.4, 0.5) is 4.79 Å². The van der Waals surface area contributed by atoms with Crippen molar-refractivity contribution < 1.29 is 24.2 Å².